The van der Waals surface area contributed by atoms with Gasteiger partial charge < -0.3 is 10.6 Å². The summed E-state index contributed by atoms with van der Waals surface area (Å²) in [6.07, 6.45) is 3.55. The molecule has 0 saturated heterocycles. The molecule has 172 valence electrons. The summed E-state index contributed by atoms with van der Waals surface area (Å²) in [5.74, 6) is -1.25. The number of aromatic nitrogens is 1. The summed E-state index contributed by atoms with van der Waals surface area (Å²) >= 11 is 1.52. The molecule has 1 aromatic heterocycles. The average Bonchev–Trinajstić information content (AvgIpc) is 2.78. The minimum Gasteiger partial charge on any atom is -0.340 e. The molecule has 0 spiro atoms. The normalized spacial score (nSPS) is 12.1. The van der Waals surface area contributed by atoms with E-state index >= 15 is 0 Å². The number of carbonyl (C=O) groups excluding carboxylic acids is 2. The van der Waals surface area contributed by atoms with E-state index in [-0.39, 0.29) is 23.4 Å². The Morgan fingerprint density at radius 3 is 2.33 bits per heavy atom. The molecule has 0 aliphatic heterocycles. The first-order valence-electron chi connectivity index (χ1n) is 10.5. The molecule has 0 aliphatic rings. The molecule has 3 rings (SSSR count). The Balaban J connectivity index is 1.70. The number of nitrogens with one attached hydrogen (secondary N) is 3. The molecular weight excluding hydrogens is 439 g/mol. The molecule has 0 bridgehead atoms. The maximum atomic E-state index is 13.2. The van der Waals surface area contributed by atoms with Gasteiger partial charge in [-0.3, -0.25) is 19.3 Å². The Morgan fingerprint density at radius 2 is 1.73 bits per heavy atom. The molecule has 3 aromatic rings. The summed E-state index contributed by atoms with van der Waals surface area (Å²) in [7, 11) is 0. The van der Waals surface area contributed by atoms with Crippen LogP contribution in [0, 0.1) is 5.82 Å². The van der Waals surface area contributed by atoms with E-state index in [2.05, 4.69) is 41.1 Å². The van der Waals surface area contributed by atoms with Crippen LogP contribution in [0.2, 0.25) is 0 Å². The van der Waals surface area contributed by atoms with Gasteiger partial charge in [-0.05, 0) is 92.9 Å². The fourth-order valence-electron chi connectivity index (χ4n) is 2.85. The first-order valence-corrected chi connectivity index (χ1v) is 11.3. The van der Waals surface area contributed by atoms with Crippen LogP contribution < -0.4 is 15.4 Å². The minimum atomic E-state index is -0.844. The summed E-state index contributed by atoms with van der Waals surface area (Å²) in [4.78, 5) is 30.8. The predicted molar refractivity (Wildman–Crippen MR) is 129 cm³/mol. The van der Waals surface area contributed by atoms with Gasteiger partial charge in [0.25, 0.3) is 5.91 Å². The molecule has 0 saturated carbocycles. The molecule has 0 radical (unpaired) electrons. The van der Waals surface area contributed by atoms with E-state index in [0.717, 1.165) is 10.5 Å². The van der Waals surface area contributed by atoms with Crippen LogP contribution >= 0.6 is 11.9 Å². The standard InChI is InChI=1S/C25H27FN4O2S/c1-25(2,3)30-33-21-12-10-20(11-13-21)28-24(32)22(15-17-5-4-14-27-16-17)29-23(31)18-6-8-19(26)9-7-18/h4-14,16,22,30H,15H2,1-3H3,(H,28,32)(H,29,31)/t22-/m0/s1. The molecule has 2 aromatic carbocycles. The maximum Gasteiger partial charge on any atom is 0.251 e. The number of hydrogen-bond acceptors (Lipinski definition) is 5. The monoisotopic (exact) mass is 466 g/mol. The van der Waals surface area contributed by atoms with Gasteiger partial charge in [0.1, 0.15) is 11.9 Å². The van der Waals surface area contributed by atoms with Gasteiger partial charge in [0.05, 0.1) is 0 Å². The van der Waals surface area contributed by atoms with Crippen molar-refractivity contribution in [3.05, 3.63) is 90.0 Å². The molecule has 6 nitrogen and oxygen atoms in total. The van der Waals surface area contributed by atoms with Crippen molar-refractivity contribution in [3.8, 4) is 0 Å². The number of anilines is 1. The third-order valence-corrected chi connectivity index (χ3v) is 5.71. The summed E-state index contributed by atoms with van der Waals surface area (Å²) in [5.41, 5.74) is 1.66. The summed E-state index contributed by atoms with van der Waals surface area (Å²) < 4.78 is 16.5. The molecular formula is C25H27FN4O2S. The van der Waals surface area contributed by atoms with Crippen molar-refractivity contribution < 1.29 is 14.0 Å². The van der Waals surface area contributed by atoms with Crippen LogP contribution in [0.5, 0.6) is 0 Å². The van der Waals surface area contributed by atoms with E-state index < -0.39 is 17.8 Å². The van der Waals surface area contributed by atoms with E-state index in [4.69, 9.17) is 0 Å². The molecule has 0 aliphatic carbocycles. The fourth-order valence-corrected chi connectivity index (χ4v) is 3.55. The Bertz CT molecular complexity index is 1070. The van der Waals surface area contributed by atoms with Crippen molar-refractivity contribution in [2.45, 2.75) is 43.7 Å². The van der Waals surface area contributed by atoms with Gasteiger partial charge >= 0.3 is 0 Å². The topological polar surface area (TPSA) is 83.1 Å². The third kappa shape index (κ3) is 8.00. The van der Waals surface area contributed by atoms with E-state index in [9.17, 15) is 14.0 Å². The Morgan fingerprint density at radius 1 is 1.03 bits per heavy atom. The highest BCUT2D eigenvalue weighted by Crippen LogP contribution is 2.20. The molecule has 1 heterocycles. The van der Waals surface area contributed by atoms with Crippen LogP contribution in [-0.4, -0.2) is 28.4 Å². The zero-order chi connectivity index (χ0) is 23.8. The zero-order valence-corrected chi connectivity index (χ0v) is 19.6. The van der Waals surface area contributed by atoms with Gasteiger partial charge in [0.2, 0.25) is 5.91 Å². The second kappa shape index (κ2) is 11.1. The van der Waals surface area contributed by atoms with Crippen molar-refractivity contribution in [1.82, 2.24) is 15.0 Å². The Hall–Kier alpha value is -3.23. The lowest BCUT2D eigenvalue weighted by atomic mass is 10.1. The van der Waals surface area contributed by atoms with Gasteiger partial charge in [0.15, 0.2) is 0 Å². The van der Waals surface area contributed by atoms with Crippen molar-refractivity contribution in [2.24, 2.45) is 0 Å². The highest BCUT2D eigenvalue weighted by Gasteiger charge is 2.22. The molecule has 0 unspecified atom stereocenters. The largest absolute Gasteiger partial charge is 0.340 e. The lowest BCUT2D eigenvalue weighted by Crippen LogP contribution is -2.45. The number of amides is 2. The highest BCUT2D eigenvalue weighted by atomic mass is 32.2. The average molecular weight is 467 g/mol. The van der Waals surface area contributed by atoms with Gasteiger partial charge in [-0.25, -0.2) is 4.39 Å². The Kier molecular flexibility index (Phi) is 8.19. The first-order chi connectivity index (χ1) is 15.7. The summed E-state index contributed by atoms with van der Waals surface area (Å²) in [5, 5.41) is 5.62. The molecule has 3 N–H and O–H groups in total. The second-order valence-electron chi connectivity index (χ2n) is 8.57. The van der Waals surface area contributed by atoms with E-state index in [1.807, 2.05) is 30.3 Å². The lowest BCUT2D eigenvalue weighted by molar-refractivity contribution is -0.118. The van der Waals surface area contributed by atoms with E-state index in [0.29, 0.717) is 5.69 Å². The molecule has 33 heavy (non-hydrogen) atoms. The molecule has 1 atom stereocenters. The second-order valence-corrected chi connectivity index (χ2v) is 9.45. The number of nitrogens with zero attached hydrogens (tertiary/aromatic N) is 1. The smallest absolute Gasteiger partial charge is 0.251 e. The Labute approximate surface area is 197 Å². The number of halogens is 1. The van der Waals surface area contributed by atoms with Crippen molar-refractivity contribution >= 4 is 29.4 Å². The zero-order valence-electron chi connectivity index (χ0n) is 18.8. The van der Waals surface area contributed by atoms with E-state index in [1.165, 1.54) is 36.2 Å². The summed E-state index contributed by atoms with van der Waals surface area (Å²) in [6.45, 7) is 6.24. The predicted octanol–water partition coefficient (Wildman–Crippen LogP) is 4.60. The van der Waals surface area contributed by atoms with Crippen molar-refractivity contribution in [1.29, 1.82) is 0 Å². The fraction of sp³-hybridized carbons (Fsp3) is 0.240. The van der Waals surface area contributed by atoms with Crippen LogP contribution in [0.1, 0.15) is 36.7 Å². The molecule has 0 fully saturated rings. The van der Waals surface area contributed by atoms with Crippen LogP contribution in [0.3, 0.4) is 0 Å². The minimum absolute atomic E-state index is 0.0280. The number of benzene rings is 2. The van der Waals surface area contributed by atoms with Crippen molar-refractivity contribution in [2.75, 3.05) is 5.32 Å². The van der Waals surface area contributed by atoms with Crippen LogP contribution in [0.15, 0.2) is 78.0 Å². The first kappa shape index (κ1) is 24.4. The summed E-state index contributed by atoms with van der Waals surface area (Å²) in [6, 6.07) is 15.4. The molecule has 2 amide bonds. The van der Waals surface area contributed by atoms with Crippen LogP contribution in [-0.2, 0) is 11.2 Å². The highest BCUT2D eigenvalue weighted by molar-refractivity contribution is 7.97. The van der Waals surface area contributed by atoms with Gasteiger partial charge in [0, 0.05) is 40.5 Å². The van der Waals surface area contributed by atoms with Gasteiger partial charge in [-0.1, -0.05) is 6.07 Å². The number of carbonyl (C=O) groups is 2. The number of pyridine rings is 1. The van der Waals surface area contributed by atoms with Gasteiger partial charge in [-0.2, -0.15) is 0 Å². The van der Waals surface area contributed by atoms with Crippen LogP contribution in [0.25, 0.3) is 0 Å². The number of rotatable bonds is 8. The SMILES string of the molecule is CC(C)(C)NSc1ccc(NC(=O)[C@H](Cc2cccnc2)NC(=O)c2ccc(F)cc2)cc1. The van der Waals surface area contributed by atoms with Crippen molar-refractivity contribution in [3.63, 3.8) is 0 Å². The van der Waals surface area contributed by atoms with Crippen LogP contribution in [0.4, 0.5) is 10.1 Å². The molecule has 8 heteroatoms. The number of hydrogen-bond donors (Lipinski definition) is 3. The maximum absolute atomic E-state index is 13.2. The quantitative estimate of drug-likeness (QED) is 0.423. The van der Waals surface area contributed by atoms with Gasteiger partial charge in [-0.15, -0.1) is 0 Å². The lowest BCUT2D eigenvalue weighted by Gasteiger charge is -2.20. The van der Waals surface area contributed by atoms with E-state index in [1.54, 1.807) is 18.5 Å². The third-order valence-electron chi connectivity index (χ3n) is 4.49.